The molecule has 0 saturated carbocycles. The Hall–Kier alpha value is -2.18. The second kappa shape index (κ2) is 10.7. The monoisotopic (exact) mass is 462 g/mol. The van der Waals surface area contributed by atoms with Crippen LogP contribution in [0.15, 0.2) is 60.1 Å². The third-order valence-corrected chi connectivity index (χ3v) is 5.93. The van der Waals surface area contributed by atoms with Crippen molar-refractivity contribution >= 4 is 46.2 Å². The van der Waals surface area contributed by atoms with Gasteiger partial charge in [-0.2, -0.15) is 0 Å². The van der Waals surface area contributed by atoms with E-state index < -0.39 is 0 Å². The van der Waals surface area contributed by atoms with Crippen molar-refractivity contribution in [3.05, 3.63) is 81.1 Å². The molecule has 30 heavy (non-hydrogen) atoms. The van der Waals surface area contributed by atoms with Crippen LogP contribution in [0.2, 0.25) is 5.02 Å². The maximum Gasteiger partial charge on any atom is 0.180 e. The summed E-state index contributed by atoms with van der Waals surface area (Å²) in [7, 11) is 1.64. The van der Waals surface area contributed by atoms with E-state index in [0.717, 1.165) is 23.4 Å². The van der Waals surface area contributed by atoms with Gasteiger partial charge in [0.05, 0.1) is 12.1 Å². The summed E-state index contributed by atoms with van der Waals surface area (Å²) in [4.78, 5) is 4.47. The summed E-state index contributed by atoms with van der Waals surface area (Å²) in [6.07, 6.45) is 3.04. The summed E-state index contributed by atoms with van der Waals surface area (Å²) in [6.45, 7) is 2.07. The van der Waals surface area contributed by atoms with Crippen molar-refractivity contribution in [3.63, 3.8) is 0 Å². The number of halogens is 2. The number of para-hydroxylation sites is 1. The number of fused-ring (bicyclic) bond motifs is 1. The number of methoxy groups -OCH3 is 1. The lowest BCUT2D eigenvalue weighted by molar-refractivity contribution is 0.287. The van der Waals surface area contributed by atoms with Gasteiger partial charge in [-0.3, -0.25) is 0 Å². The maximum atomic E-state index is 6.48. The Kier molecular flexibility index (Phi) is 8.05. The van der Waals surface area contributed by atoms with Gasteiger partial charge in [0.15, 0.2) is 11.5 Å². The minimum atomic E-state index is 0. The minimum Gasteiger partial charge on any atom is -0.493 e. The Labute approximate surface area is 191 Å². The average molecular weight is 463 g/mol. The first-order chi connectivity index (χ1) is 14.2. The normalized spacial score (nSPS) is 10.7. The third-order valence-electron chi connectivity index (χ3n) is 4.80. The Morgan fingerprint density at radius 2 is 2.00 bits per heavy atom. The predicted octanol–water partition coefficient (Wildman–Crippen LogP) is 6.22. The number of rotatable bonds is 9. The molecule has 0 atom stereocenters. The van der Waals surface area contributed by atoms with Crippen LogP contribution >= 0.6 is 35.3 Å². The molecule has 4 aromatic rings. The zero-order valence-corrected chi connectivity index (χ0v) is 19.0. The highest BCUT2D eigenvalue weighted by Crippen LogP contribution is 2.37. The van der Waals surface area contributed by atoms with E-state index in [2.05, 4.69) is 34.7 Å². The maximum absolute atomic E-state index is 6.48. The number of nitrogens with one attached hydrogen (secondary N) is 2. The standard InChI is InChI=1S/C23H23ClN2O2S.ClH/c1-27-22-12-16(11-20(24)23(22)28-15-18-5-4-10-29-18)13-25-9-8-17-14-26-21-7-3-2-6-19(17)21;/h2-7,10-12,14,25-26H,8-9,13,15H2,1H3;1H. The van der Waals surface area contributed by atoms with E-state index in [0.29, 0.717) is 29.7 Å². The number of aromatic amines is 1. The van der Waals surface area contributed by atoms with E-state index >= 15 is 0 Å². The second-order valence-electron chi connectivity index (χ2n) is 6.76. The first-order valence-electron chi connectivity index (χ1n) is 9.52. The molecule has 2 aromatic heterocycles. The van der Waals surface area contributed by atoms with Crippen molar-refractivity contribution in [2.45, 2.75) is 19.6 Å². The third kappa shape index (κ3) is 5.29. The van der Waals surface area contributed by atoms with Gasteiger partial charge in [-0.1, -0.05) is 35.9 Å². The lowest BCUT2D eigenvalue weighted by Gasteiger charge is -2.14. The van der Waals surface area contributed by atoms with Gasteiger partial charge in [0, 0.05) is 28.5 Å². The van der Waals surface area contributed by atoms with Crippen LogP contribution in [0.25, 0.3) is 10.9 Å². The number of thiophene rings is 1. The molecule has 0 aliphatic carbocycles. The lowest BCUT2D eigenvalue weighted by atomic mass is 10.1. The van der Waals surface area contributed by atoms with Crippen LogP contribution in [0.5, 0.6) is 11.5 Å². The minimum absolute atomic E-state index is 0. The van der Waals surface area contributed by atoms with Gasteiger partial charge in [-0.15, -0.1) is 23.7 Å². The molecular weight excluding hydrogens is 439 g/mol. The molecule has 0 aliphatic rings. The molecule has 0 unspecified atom stereocenters. The Bertz CT molecular complexity index is 1080. The van der Waals surface area contributed by atoms with Crippen molar-refractivity contribution in [1.29, 1.82) is 0 Å². The fourth-order valence-electron chi connectivity index (χ4n) is 3.35. The zero-order valence-electron chi connectivity index (χ0n) is 16.6. The zero-order chi connectivity index (χ0) is 20.1. The summed E-state index contributed by atoms with van der Waals surface area (Å²) in [5, 5.41) is 7.37. The Morgan fingerprint density at radius 1 is 1.13 bits per heavy atom. The molecule has 0 aliphatic heterocycles. The fourth-order valence-corrected chi connectivity index (χ4v) is 4.25. The molecule has 0 spiro atoms. The lowest BCUT2D eigenvalue weighted by Crippen LogP contribution is -2.16. The number of H-pyrrole nitrogens is 1. The summed E-state index contributed by atoms with van der Waals surface area (Å²) >= 11 is 8.14. The van der Waals surface area contributed by atoms with E-state index in [4.69, 9.17) is 21.1 Å². The van der Waals surface area contributed by atoms with Crippen molar-refractivity contribution in [2.75, 3.05) is 13.7 Å². The molecule has 2 heterocycles. The van der Waals surface area contributed by atoms with Gasteiger partial charge < -0.3 is 19.8 Å². The van der Waals surface area contributed by atoms with Crippen molar-refractivity contribution in [3.8, 4) is 11.5 Å². The van der Waals surface area contributed by atoms with E-state index in [1.807, 2.05) is 35.7 Å². The average Bonchev–Trinajstić information content (AvgIpc) is 3.40. The molecule has 7 heteroatoms. The Balaban J connectivity index is 0.00000256. The van der Waals surface area contributed by atoms with Crippen molar-refractivity contribution < 1.29 is 9.47 Å². The van der Waals surface area contributed by atoms with Gasteiger partial charge in [-0.25, -0.2) is 0 Å². The smallest absolute Gasteiger partial charge is 0.180 e. The number of hydrogen-bond donors (Lipinski definition) is 2. The molecule has 0 amide bonds. The van der Waals surface area contributed by atoms with Crippen LogP contribution in [-0.4, -0.2) is 18.6 Å². The second-order valence-corrected chi connectivity index (χ2v) is 8.20. The number of aromatic nitrogens is 1. The molecule has 4 nitrogen and oxygen atoms in total. The highest BCUT2D eigenvalue weighted by atomic mass is 35.5. The highest BCUT2D eigenvalue weighted by Gasteiger charge is 2.13. The first-order valence-corrected chi connectivity index (χ1v) is 10.8. The number of hydrogen-bond acceptors (Lipinski definition) is 4. The van der Waals surface area contributed by atoms with Gasteiger partial charge >= 0.3 is 0 Å². The first kappa shape index (κ1) is 22.5. The summed E-state index contributed by atoms with van der Waals surface area (Å²) < 4.78 is 11.4. The van der Waals surface area contributed by atoms with Crippen LogP contribution in [0, 0.1) is 0 Å². The molecule has 0 radical (unpaired) electrons. The molecule has 158 valence electrons. The largest absolute Gasteiger partial charge is 0.493 e. The number of benzene rings is 2. The van der Waals surface area contributed by atoms with Crippen molar-refractivity contribution in [1.82, 2.24) is 10.3 Å². The van der Waals surface area contributed by atoms with Crippen LogP contribution < -0.4 is 14.8 Å². The van der Waals surface area contributed by atoms with Gasteiger partial charge in [-0.05, 0) is 53.7 Å². The van der Waals surface area contributed by atoms with Crippen LogP contribution in [0.3, 0.4) is 0 Å². The molecule has 4 rings (SSSR count). The summed E-state index contributed by atoms with van der Waals surface area (Å²) in [6, 6.07) is 16.3. The molecule has 2 aromatic carbocycles. The molecular formula is C23H24Cl2N2O2S. The van der Waals surface area contributed by atoms with E-state index in [1.54, 1.807) is 18.4 Å². The van der Waals surface area contributed by atoms with Gasteiger partial charge in [0.2, 0.25) is 0 Å². The van der Waals surface area contributed by atoms with Gasteiger partial charge in [0.1, 0.15) is 6.61 Å². The Morgan fingerprint density at radius 3 is 2.80 bits per heavy atom. The summed E-state index contributed by atoms with van der Waals surface area (Å²) in [5.74, 6) is 1.24. The predicted molar refractivity (Wildman–Crippen MR) is 128 cm³/mol. The molecule has 2 N–H and O–H groups in total. The van der Waals surface area contributed by atoms with E-state index in [-0.39, 0.29) is 12.4 Å². The van der Waals surface area contributed by atoms with Crippen LogP contribution in [0.1, 0.15) is 16.0 Å². The van der Waals surface area contributed by atoms with E-state index in [1.165, 1.54) is 16.5 Å². The number of ether oxygens (including phenoxy) is 2. The summed E-state index contributed by atoms with van der Waals surface area (Å²) in [5.41, 5.74) is 3.56. The molecule has 0 fully saturated rings. The molecule has 0 saturated heterocycles. The fraction of sp³-hybridized carbons (Fsp3) is 0.217. The SMILES string of the molecule is COc1cc(CNCCc2c[nH]c3ccccc23)cc(Cl)c1OCc1cccs1.Cl. The highest BCUT2D eigenvalue weighted by molar-refractivity contribution is 7.09. The van der Waals surface area contributed by atoms with E-state index in [9.17, 15) is 0 Å². The topological polar surface area (TPSA) is 46.3 Å². The van der Waals surface area contributed by atoms with Crippen LogP contribution in [-0.2, 0) is 19.6 Å². The van der Waals surface area contributed by atoms with Crippen LogP contribution in [0.4, 0.5) is 0 Å². The van der Waals surface area contributed by atoms with Gasteiger partial charge in [0.25, 0.3) is 0 Å². The molecule has 0 bridgehead atoms. The quantitative estimate of drug-likeness (QED) is 0.290. The van der Waals surface area contributed by atoms with Crippen molar-refractivity contribution in [2.24, 2.45) is 0 Å².